The first-order valence-corrected chi connectivity index (χ1v) is 9.44. The van der Waals surface area contributed by atoms with Gasteiger partial charge in [0.15, 0.2) is 0 Å². The average Bonchev–Trinajstić information content (AvgIpc) is 3.23. The number of carbonyl (C=O) groups excluding carboxylic acids is 1. The molecule has 0 atom stereocenters. The number of aromatic nitrogens is 1. The fourth-order valence-electron chi connectivity index (χ4n) is 2.71. The minimum atomic E-state index is -0.541. The van der Waals surface area contributed by atoms with Crippen molar-refractivity contribution < 1.29 is 4.79 Å². The number of carbonyl (C=O) groups is 1. The number of hydrogen-bond donors (Lipinski definition) is 2. The minimum Gasteiger partial charge on any atom is -0.397 e. The molecule has 25 heavy (non-hydrogen) atoms. The molecule has 0 spiro atoms. The average molecular weight is 386 g/mol. The van der Waals surface area contributed by atoms with Crippen LogP contribution in [-0.4, -0.2) is 10.9 Å². The highest BCUT2D eigenvalue weighted by Gasteiger charge is 2.20. The van der Waals surface area contributed by atoms with Crippen LogP contribution >= 0.6 is 34.3 Å². The van der Waals surface area contributed by atoms with Crippen molar-refractivity contribution in [3.05, 3.63) is 57.7 Å². The van der Waals surface area contributed by atoms with E-state index in [9.17, 15) is 4.79 Å². The zero-order valence-electron chi connectivity index (χ0n) is 12.8. The maximum Gasteiger partial charge on any atom is 0.260 e. The van der Waals surface area contributed by atoms with Gasteiger partial charge in [0, 0.05) is 10.4 Å². The molecule has 0 saturated heterocycles. The van der Waals surface area contributed by atoms with Crippen LogP contribution in [0.4, 0.5) is 5.69 Å². The van der Waals surface area contributed by atoms with E-state index in [1.807, 2.05) is 47.8 Å². The third kappa shape index (κ3) is 2.78. The number of nitrogen functional groups attached to an aromatic ring is 1. The summed E-state index contributed by atoms with van der Waals surface area (Å²) in [5, 5.41) is 3.41. The fraction of sp³-hybridized carbons (Fsp3) is 0. The largest absolute Gasteiger partial charge is 0.397 e. The first kappa shape index (κ1) is 16.1. The molecular weight excluding hydrogens is 374 g/mol. The van der Waals surface area contributed by atoms with E-state index in [0.717, 1.165) is 27.1 Å². The summed E-state index contributed by atoms with van der Waals surface area (Å²) in [7, 11) is 0. The number of thiophene rings is 2. The maximum atomic E-state index is 11.7. The Bertz CT molecular complexity index is 1090. The van der Waals surface area contributed by atoms with Gasteiger partial charge in [-0.2, -0.15) is 0 Å². The molecule has 4 aromatic rings. The second-order valence-corrected chi connectivity index (χ2v) is 7.81. The molecule has 4 N–H and O–H groups in total. The highest BCUT2D eigenvalue weighted by molar-refractivity contribution is 7.21. The molecule has 4 nitrogen and oxygen atoms in total. The topological polar surface area (TPSA) is 82.0 Å². The molecule has 0 bridgehead atoms. The second kappa shape index (κ2) is 6.15. The highest BCUT2D eigenvalue weighted by atomic mass is 35.5. The van der Waals surface area contributed by atoms with Gasteiger partial charge in [-0.25, -0.2) is 4.98 Å². The third-order valence-corrected chi connectivity index (χ3v) is 6.11. The maximum absolute atomic E-state index is 11.7. The van der Waals surface area contributed by atoms with Crippen LogP contribution in [0.5, 0.6) is 0 Å². The first-order valence-electron chi connectivity index (χ1n) is 7.37. The van der Waals surface area contributed by atoms with E-state index in [4.69, 9.17) is 28.1 Å². The molecule has 0 unspecified atom stereocenters. The van der Waals surface area contributed by atoms with Gasteiger partial charge >= 0.3 is 0 Å². The first-order chi connectivity index (χ1) is 12.0. The van der Waals surface area contributed by atoms with Crippen molar-refractivity contribution >= 4 is 56.1 Å². The molecule has 3 aromatic heterocycles. The van der Waals surface area contributed by atoms with Gasteiger partial charge in [-0.15, -0.1) is 22.7 Å². The minimum absolute atomic E-state index is 0.334. The van der Waals surface area contributed by atoms with Gasteiger partial charge in [0.25, 0.3) is 5.91 Å². The van der Waals surface area contributed by atoms with E-state index in [1.165, 1.54) is 11.3 Å². The van der Waals surface area contributed by atoms with E-state index < -0.39 is 5.91 Å². The Balaban J connectivity index is 2.06. The zero-order valence-corrected chi connectivity index (χ0v) is 15.2. The second-order valence-electron chi connectivity index (χ2n) is 5.43. The summed E-state index contributed by atoms with van der Waals surface area (Å²) in [6.07, 6.45) is 0. The fourth-order valence-corrected chi connectivity index (χ4v) is 4.50. The number of nitrogens with zero attached hydrogens (tertiary/aromatic N) is 1. The van der Waals surface area contributed by atoms with Crippen molar-refractivity contribution in [3.63, 3.8) is 0 Å². The predicted molar refractivity (Wildman–Crippen MR) is 106 cm³/mol. The van der Waals surface area contributed by atoms with Crippen LogP contribution in [0.3, 0.4) is 0 Å². The van der Waals surface area contributed by atoms with Gasteiger partial charge < -0.3 is 11.5 Å². The molecule has 0 radical (unpaired) electrons. The lowest BCUT2D eigenvalue weighted by Crippen LogP contribution is -2.10. The van der Waals surface area contributed by atoms with Crippen LogP contribution in [0.15, 0.2) is 47.8 Å². The Labute approximate surface area is 156 Å². The molecule has 0 saturated carbocycles. The number of halogens is 1. The van der Waals surface area contributed by atoms with E-state index in [1.54, 1.807) is 11.3 Å². The van der Waals surface area contributed by atoms with Gasteiger partial charge in [-0.05, 0) is 40.8 Å². The summed E-state index contributed by atoms with van der Waals surface area (Å²) in [4.78, 5) is 18.5. The van der Waals surface area contributed by atoms with Crippen molar-refractivity contribution in [2.45, 2.75) is 0 Å². The molecule has 124 valence electrons. The Morgan fingerprint density at radius 2 is 1.92 bits per heavy atom. The molecular formula is C18H12ClN3OS2. The van der Waals surface area contributed by atoms with E-state index >= 15 is 0 Å². The van der Waals surface area contributed by atoms with E-state index in [-0.39, 0.29) is 0 Å². The SMILES string of the molecule is NC(=O)c1sc2nc(-c3cccs3)cc(-c3ccc(Cl)cc3)c2c1N. The van der Waals surface area contributed by atoms with Gasteiger partial charge in [-0.1, -0.05) is 29.8 Å². The van der Waals surface area contributed by atoms with Gasteiger partial charge in [-0.3, -0.25) is 4.79 Å². The van der Waals surface area contributed by atoms with E-state index in [0.29, 0.717) is 20.4 Å². The number of hydrogen-bond acceptors (Lipinski definition) is 5. The number of amides is 1. The van der Waals surface area contributed by atoms with Crippen LogP contribution < -0.4 is 11.5 Å². The molecule has 3 heterocycles. The molecule has 0 aliphatic carbocycles. The van der Waals surface area contributed by atoms with Gasteiger partial charge in [0.1, 0.15) is 9.71 Å². The molecule has 1 amide bonds. The van der Waals surface area contributed by atoms with E-state index in [2.05, 4.69) is 0 Å². The van der Waals surface area contributed by atoms with Crippen LogP contribution in [-0.2, 0) is 0 Å². The summed E-state index contributed by atoms with van der Waals surface area (Å²) < 4.78 is 0. The summed E-state index contributed by atoms with van der Waals surface area (Å²) in [5.74, 6) is -0.541. The summed E-state index contributed by atoms with van der Waals surface area (Å²) in [5.41, 5.74) is 14.8. The Kier molecular flexibility index (Phi) is 3.95. The summed E-state index contributed by atoms with van der Waals surface area (Å²) in [6.45, 7) is 0. The van der Waals surface area contributed by atoms with Crippen LogP contribution in [0, 0.1) is 0 Å². The van der Waals surface area contributed by atoms with Crippen LogP contribution in [0.25, 0.3) is 31.9 Å². The van der Waals surface area contributed by atoms with Crippen molar-refractivity contribution in [2.24, 2.45) is 5.73 Å². The van der Waals surface area contributed by atoms with Crippen molar-refractivity contribution in [1.82, 2.24) is 4.98 Å². The monoisotopic (exact) mass is 385 g/mol. The van der Waals surface area contributed by atoms with Crippen molar-refractivity contribution in [2.75, 3.05) is 5.73 Å². The number of pyridine rings is 1. The molecule has 4 rings (SSSR count). The third-order valence-electron chi connectivity index (χ3n) is 3.85. The molecule has 1 aromatic carbocycles. The molecule has 7 heteroatoms. The smallest absolute Gasteiger partial charge is 0.260 e. The zero-order chi connectivity index (χ0) is 17.6. The van der Waals surface area contributed by atoms with Crippen molar-refractivity contribution in [3.8, 4) is 21.7 Å². The Morgan fingerprint density at radius 1 is 1.16 bits per heavy atom. The lowest BCUT2D eigenvalue weighted by molar-refractivity contribution is 0.100. The summed E-state index contributed by atoms with van der Waals surface area (Å²) in [6, 6.07) is 13.5. The summed E-state index contributed by atoms with van der Waals surface area (Å²) >= 11 is 8.84. The van der Waals surface area contributed by atoms with Crippen LogP contribution in [0.1, 0.15) is 9.67 Å². The number of fused-ring (bicyclic) bond motifs is 1. The number of benzene rings is 1. The van der Waals surface area contributed by atoms with Gasteiger partial charge in [0.05, 0.1) is 16.3 Å². The molecule has 0 aliphatic rings. The molecule has 0 fully saturated rings. The lowest BCUT2D eigenvalue weighted by atomic mass is 10.0. The number of primary amides is 1. The highest BCUT2D eigenvalue weighted by Crippen LogP contribution is 2.41. The van der Waals surface area contributed by atoms with Crippen molar-refractivity contribution in [1.29, 1.82) is 0 Å². The standard InChI is InChI=1S/C18H12ClN3OS2/c19-10-5-3-9(4-6-10)11-8-12(13-2-1-7-24-13)22-18-14(11)15(20)16(25-18)17(21)23/h1-8H,20H2,(H2,21,23). The molecule has 0 aliphatic heterocycles. The van der Waals surface area contributed by atoms with Gasteiger partial charge in [0.2, 0.25) is 0 Å². The lowest BCUT2D eigenvalue weighted by Gasteiger charge is -2.08. The Hall–Kier alpha value is -2.41. The Morgan fingerprint density at radius 3 is 2.56 bits per heavy atom. The number of anilines is 1. The van der Waals surface area contributed by atoms with Crippen LogP contribution in [0.2, 0.25) is 5.02 Å². The quantitative estimate of drug-likeness (QED) is 0.519. The number of nitrogens with two attached hydrogens (primary N) is 2. The predicted octanol–water partition coefficient (Wildman–Crippen LogP) is 5.03. The normalized spacial score (nSPS) is 11.1. The number of rotatable bonds is 3.